The number of benzene rings is 2. The molecule has 0 aromatic heterocycles. The van der Waals surface area contributed by atoms with Gasteiger partial charge in [0.25, 0.3) is 0 Å². The van der Waals surface area contributed by atoms with E-state index in [4.69, 9.17) is 0 Å². The van der Waals surface area contributed by atoms with Crippen molar-refractivity contribution in [2.45, 2.75) is 28.9 Å². The van der Waals surface area contributed by atoms with Gasteiger partial charge in [0.1, 0.15) is 6.17 Å². The normalized spacial score (nSPS) is 31.1. The molecule has 0 N–H and O–H groups in total. The average Bonchev–Trinajstić information content (AvgIpc) is 3.04. The molecule has 0 amide bonds. The number of thioether (sulfide) groups is 1. The van der Waals surface area contributed by atoms with E-state index >= 15 is 0 Å². The lowest BCUT2D eigenvalue weighted by molar-refractivity contribution is 0.110. The van der Waals surface area contributed by atoms with Crippen LogP contribution in [0.3, 0.4) is 0 Å². The number of rotatable bonds is 4. The first-order valence-corrected chi connectivity index (χ1v) is 8.34. The molecule has 5 rings (SSSR count). The van der Waals surface area contributed by atoms with Crippen LogP contribution in [0.2, 0.25) is 0 Å². The van der Waals surface area contributed by atoms with Crippen LogP contribution in [0.5, 0.6) is 0 Å². The fourth-order valence-electron chi connectivity index (χ4n) is 3.53. The first kappa shape index (κ1) is 13.4. The van der Waals surface area contributed by atoms with Crippen LogP contribution in [0, 0.1) is 5.92 Å². The van der Waals surface area contributed by atoms with Crippen molar-refractivity contribution in [3.63, 3.8) is 0 Å². The summed E-state index contributed by atoms with van der Waals surface area (Å²) in [4.78, 5) is 3.58. The van der Waals surface area contributed by atoms with Crippen molar-refractivity contribution in [3.05, 3.63) is 66.2 Å². The molecule has 0 radical (unpaired) electrons. The van der Waals surface area contributed by atoms with Gasteiger partial charge in [0.05, 0.1) is 6.04 Å². The third-order valence-electron chi connectivity index (χ3n) is 4.60. The number of fused-ring (bicyclic) bond motifs is 1. The highest BCUT2D eigenvalue weighted by atomic mass is 32.2. The highest BCUT2D eigenvalue weighted by Gasteiger charge is 2.60. The second-order valence-electron chi connectivity index (χ2n) is 5.91. The van der Waals surface area contributed by atoms with Gasteiger partial charge in [0.2, 0.25) is 0 Å². The Kier molecular flexibility index (Phi) is 3.48. The smallest absolute Gasteiger partial charge is 0.122 e. The molecule has 0 spiro atoms. The predicted molar refractivity (Wildman–Crippen MR) is 85.1 cm³/mol. The molecule has 108 valence electrons. The van der Waals surface area contributed by atoms with E-state index in [1.807, 2.05) is 23.9 Å². The molecule has 4 atom stereocenters. The van der Waals surface area contributed by atoms with Crippen LogP contribution < -0.4 is 0 Å². The van der Waals surface area contributed by atoms with E-state index in [1.165, 1.54) is 10.5 Å². The van der Waals surface area contributed by atoms with Crippen molar-refractivity contribution < 1.29 is 4.39 Å². The Morgan fingerprint density at radius 3 is 2.38 bits per heavy atom. The molecule has 2 aromatic rings. The summed E-state index contributed by atoms with van der Waals surface area (Å²) in [5.74, 6) is 0.198. The van der Waals surface area contributed by atoms with Crippen molar-refractivity contribution in [1.82, 2.24) is 4.90 Å². The van der Waals surface area contributed by atoms with Gasteiger partial charge in [-0.25, -0.2) is 4.39 Å². The van der Waals surface area contributed by atoms with Crippen LogP contribution in [-0.4, -0.2) is 28.9 Å². The molecule has 2 bridgehead atoms. The second-order valence-corrected chi connectivity index (χ2v) is 7.16. The van der Waals surface area contributed by atoms with E-state index in [0.29, 0.717) is 5.25 Å². The maximum atomic E-state index is 14.2. The van der Waals surface area contributed by atoms with E-state index < -0.39 is 6.17 Å². The van der Waals surface area contributed by atoms with Crippen molar-refractivity contribution in [3.8, 4) is 0 Å². The highest BCUT2D eigenvalue weighted by Crippen LogP contribution is 2.52. The maximum absolute atomic E-state index is 14.2. The molecule has 2 aliphatic heterocycles. The molecule has 1 saturated carbocycles. The van der Waals surface area contributed by atoms with Crippen LogP contribution in [0.15, 0.2) is 65.6 Å². The van der Waals surface area contributed by atoms with Crippen molar-refractivity contribution >= 4 is 11.8 Å². The molecule has 2 aromatic carbocycles. The Morgan fingerprint density at radius 2 is 1.67 bits per heavy atom. The van der Waals surface area contributed by atoms with Crippen LogP contribution >= 0.6 is 11.8 Å². The van der Waals surface area contributed by atoms with Gasteiger partial charge in [0.15, 0.2) is 0 Å². The third kappa shape index (κ3) is 2.39. The summed E-state index contributed by atoms with van der Waals surface area (Å²) in [5, 5.41) is 0.408. The summed E-state index contributed by atoms with van der Waals surface area (Å²) in [6.45, 7) is 1.76. The Morgan fingerprint density at radius 1 is 1.00 bits per heavy atom. The molecule has 0 unspecified atom stereocenters. The number of hydrogen-bond donors (Lipinski definition) is 0. The van der Waals surface area contributed by atoms with Crippen LogP contribution in [-0.2, 0) is 6.54 Å². The van der Waals surface area contributed by atoms with Crippen molar-refractivity contribution in [2.75, 3.05) is 6.54 Å². The minimum Gasteiger partial charge on any atom is -0.292 e. The molecule has 3 aliphatic rings. The van der Waals surface area contributed by atoms with E-state index in [1.54, 1.807) is 0 Å². The molecule has 21 heavy (non-hydrogen) atoms. The summed E-state index contributed by atoms with van der Waals surface area (Å²) in [5.41, 5.74) is 1.28. The van der Waals surface area contributed by atoms with Crippen LogP contribution in [0.25, 0.3) is 0 Å². The van der Waals surface area contributed by atoms with E-state index in [0.717, 1.165) is 13.1 Å². The Labute approximate surface area is 129 Å². The summed E-state index contributed by atoms with van der Waals surface area (Å²) < 4.78 is 14.2. The lowest BCUT2D eigenvalue weighted by Crippen LogP contribution is -2.52. The topological polar surface area (TPSA) is 3.24 Å². The first-order valence-electron chi connectivity index (χ1n) is 7.47. The lowest BCUT2D eigenvalue weighted by atomic mass is 9.83. The summed E-state index contributed by atoms with van der Waals surface area (Å²) in [6.07, 6.45) is -0.644. The van der Waals surface area contributed by atoms with Gasteiger partial charge in [0, 0.05) is 29.2 Å². The molecule has 2 saturated heterocycles. The van der Waals surface area contributed by atoms with Crippen molar-refractivity contribution in [2.24, 2.45) is 5.92 Å². The Bertz CT molecular complexity index is 560. The van der Waals surface area contributed by atoms with E-state index in [-0.39, 0.29) is 12.0 Å². The fourth-order valence-corrected chi connectivity index (χ4v) is 5.03. The summed E-state index contributed by atoms with van der Waals surface area (Å²) in [6, 6.07) is 20.9. The molecular formula is C18H18FNS. The second kappa shape index (κ2) is 5.47. The Hall–Kier alpha value is -1.32. The number of hydrogen-bond acceptors (Lipinski definition) is 2. The van der Waals surface area contributed by atoms with E-state index in [2.05, 4.69) is 53.4 Å². The van der Waals surface area contributed by atoms with Crippen LogP contribution in [0.1, 0.15) is 5.56 Å². The lowest BCUT2D eigenvalue weighted by Gasteiger charge is -2.39. The number of halogens is 1. The standard InChI is InChI=1S/C18H18FNS/c19-16-15-12-20(11-13-7-3-1-4-8-13)17(16)18(15)21-14-9-5-2-6-10-14/h1-10,15-18H,11-12H2/t15-,16-,17+,18+/m0/s1. The monoisotopic (exact) mass is 299 g/mol. The van der Waals surface area contributed by atoms with Gasteiger partial charge in [-0.15, -0.1) is 11.8 Å². The fraction of sp³-hybridized carbons (Fsp3) is 0.333. The zero-order chi connectivity index (χ0) is 14.2. The van der Waals surface area contributed by atoms with Crippen LogP contribution in [0.4, 0.5) is 4.39 Å². The molecule has 3 heteroatoms. The minimum atomic E-state index is -0.644. The van der Waals surface area contributed by atoms with Gasteiger partial charge in [-0.3, -0.25) is 4.90 Å². The first-order chi connectivity index (χ1) is 10.3. The maximum Gasteiger partial charge on any atom is 0.122 e. The van der Waals surface area contributed by atoms with Crippen molar-refractivity contribution in [1.29, 1.82) is 0 Å². The van der Waals surface area contributed by atoms with E-state index in [9.17, 15) is 4.39 Å². The van der Waals surface area contributed by atoms with Gasteiger partial charge in [-0.2, -0.15) is 0 Å². The average molecular weight is 299 g/mol. The number of nitrogens with zero attached hydrogens (tertiary/aromatic N) is 1. The van der Waals surface area contributed by atoms with Gasteiger partial charge >= 0.3 is 0 Å². The summed E-state index contributed by atoms with van der Waals surface area (Å²) >= 11 is 1.85. The molecule has 3 fully saturated rings. The van der Waals surface area contributed by atoms with Gasteiger partial charge in [-0.1, -0.05) is 48.5 Å². The molecular weight excluding hydrogens is 281 g/mol. The van der Waals surface area contributed by atoms with Gasteiger partial charge in [-0.05, 0) is 17.7 Å². The minimum absolute atomic E-state index is 0.0837. The largest absolute Gasteiger partial charge is 0.292 e. The van der Waals surface area contributed by atoms with Gasteiger partial charge < -0.3 is 0 Å². The molecule has 2 heterocycles. The zero-order valence-corrected chi connectivity index (χ0v) is 12.5. The third-order valence-corrected chi connectivity index (χ3v) is 6.05. The quantitative estimate of drug-likeness (QED) is 0.839. The molecule has 1 nitrogen and oxygen atoms in total. The number of alkyl halides is 1. The molecule has 1 aliphatic carbocycles. The predicted octanol–water partition coefficient (Wildman–Crippen LogP) is 4.00. The Balaban J connectivity index is 1.46. The SMILES string of the molecule is F[C@H]1[C@@H]2CN(Cc3ccccc3)[C@H]1[C@@H]2Sc1ccccc1. The zero-order valence-electron chi connectivity index (χ0n) is 11.7. The highest BCUT2D eigenvalue weighted by molar-refractivity contribution is 8.00. The summed E-state index contributed by atoms with van der Waals surface area (Å²) in [7, 11) is 0.